The quantitative estimate of drug-likeness (QED) is 0.338. The molecule has 35 heavy (non-hydrogen) atoms. The molecular weight excluding hydrogens is 440 g/mol. The van der Waals surface area contributed by atoms with Crippen LogP contribution in [0.4, 0.5) is 0 Å². The summed E-state index contributed by atoms with van der Waals surface area (Å²) in [4.78, 5) is 32.2. The van der Waals surface area contributed by atoms with E-state index in [4.69, 9.17) is 9.47 Å². The Kier molecular flexibility index (Phi) is 6.27. The maximum absolute atomic E-state index is 12.8. The van der Waals surface area contributed by atoms with Gasteiger partial charge in [0.05, 0.1) is 0 Å². The van der Waals surface area contributed by atoms with Crippen molar-refractivity contribution in [2.24, 2.45) is 0 Å². The van der Waals surface area contributed by atoms with E-state index in [1.54, 1.807) is 0 Å². The molecule has 4 aromatic rings. The Balaban J connectivity index is 1.30. The normalized spacial score (nSPS) is 14.5. The molecule has 1 aliphatic rings. The number of esters is 2. The number of aromatic nitrogens is 2. The van der Waals surface area contributed by atoms with Gasteiger partial charge in [0.15, 0.2) is 0 Å². The molecule has 178 valence electrons. The van der Waals surface area contributed by atoms with Crippen LogP contribution in [0.25, 0.3) is 0 Å². The van der Waals surface area contributed by atoms with Crippen molar-refractivity contribution in [2.45, 2.75) is 45.8 Å². The molecule has 1 atom stereocenters. The van der Waals surface area contributed by atoms with Crippen molar-refractivity contribution in [3.63, 3.8) is 0 Å². The number of aromatic amines is 2. The summed E-state index contributed by atoms with van der Waals surface area (Å²) in [5.74, 6) is -0.676. The molecule has 1 unspecified atom stereocenters. The predicted octanol–water partition coefficient (Wildman–Crippen LogP) is 5.75. The molecule has 0 radical (unpaired) electrons. The van der Waals surface area contributed by atoms with Crippen LogP contribution in [0.5, 0.6) is 0 Å². The third-order valence-electron chi connectivity index (χ3n) is 6.69. The van der Waals surface area contributed by atoms with Crippen molar-refractivity contribution in [3.8, 4) is 0 Å². The lowest BCUT2D eigenvalue weighted by atomic mass is 10.0. The van der Waals surface area contributed by atoms with Gasteiger partial charge < -0.3 is 19.4 Å². The molecule has 0 bridgehead atoms. The molecule has 5 rings (SSSR count). The first-order chi connectivity index (χ1) is 17.0. The maximum Gasteiger partial charge on any atom is 0.355 e. The van der Waals surface area contributed by atoms with E-state index in [-0.39, 0.29) is 31.1 Å². The average molecular weight is 469 g/mol. The number of H-pyrrole nitrogens is 2. The van der Waals surface area contributed by atoms with Gasteiger partial charge in [-0.25, -0.2) is 9.59 Å². The van der Waals surface area contributed by atoms with Crippen LogP contribution >= 0.6 is 0 Å². The fourth-order valence-corrected chi connectivity index (χ4v) is 4.80. The van der Waals surface area contributed by atoms with Gasteiger partial charge in [0, 0.05) is 17.3 Å². The second kappa shape index (κ2) is 9.66. The number of hydrogen-bond acceptors (Lipinski definition) is 4. The molecule has 2 heterocycles. The van der Waals surface area contributed by atoms with Crippen LogP contribution in [0, 0.1) is 13.8 Å². The Morgan fingerprint density at radius 3 is 2.00 bits per heavy atom. The van der Waals surface area contributed by atoms with Gasteiger partial charge in [0.25, 0.3) is 0 Å². The molecule has 2 N–H and O–H groups in total. The van der Waals surface area contributed by atoms with Gasteiger partial charge in [-0.3, -0.25) is 0 Å². The van der Waals surface area contributed by atoms with Gasteiger partial charge in [0.2, 0.25) is 0 Å². The monoisotopic (exact) mass is 468 g/mol. The van der Waals surface area contributed by atoms with E-state index < -0.39 is 0 Å². The van der Waals surface area contributed by atoms with E-state index in [1.165, 1.54) is 0 Å². The zero-order valence-corrected chi connectivity index (χ0v) is 19.9. The standard InChI is InChI=1S/C29H28N2O4/c1-18-15-24(30-25(18)28(32)34-16-20-9-5-3-6-10-20)23-14-13-22-19(2)26(31-27(22)23)29(33)35-17-21-11-7-4-8-12-21/h3-12,15,23,30-31H,13-14,16-17H2,1-2H3. The van der Waals surface area contributed by atoms with Crippen molar-refractivity contribution in [1.29, 1.82) is 0 Å². The molecule has 0 aliphatic heterocycles. The van der Waals surface area contributed by atoms with Crippen molar-refractivity contribution in [2.75, 3.05) is 0 Å². The number of ether oxygens (including phenoxy) is 2. The molecule has 0 amide bonds. The smallest absolute Gasteiger partial charge is 0.355 e. The number of nitrogens with one attached hydrogen (secondary N) is 2. The molecule has 0 fully saturated rings. The van der Waals surface area contributed by atoms with Crippen LogP contribution in [0.2, 0.25) is 0 Å². The SMILES string of the molecule is Cc1cc(C2CCc3c2[nH]c(C(=O)OCc2ccccc2)c3C)[nH]c1C(=O)OCc1ccccc1. The van der Waals surface area contributed by atoms with Crippen molar-refractivity contribution < 1.29 is 19.1 Å². The fourth-order valence-electron chi connectivity index (χ4n) is 4.80. The van der Waals surface area contributed by atoms with Gasteiger partial charge >= 0.3 is 11.9 Å². The number of aryl methyl sites for hydroxylation is 1. The molecule has 0 spiro atoms. The zero-order valence-electron chi connectivity index (χ0n) is 19.9. The first-order valence-electron chi connectivity index (χ1n) is 11.8. The Morgan fingerprint density at radius 2 is 1.40 bits per heavy atom. The Labute approximate surface area is 204 Å². The molecule has 6 nitrogen and oxygen atoms in total. The summed E-state index contributed by atoms with van der Waals surface area (Å²) < 4.78 is 11.1. The second-order valence-electron chi connectivity index (χ2n) is 9.01. The van der Waals surface area contributed by atoms with Crippen LogP contribution in [0.3, 0.4) is 0 Å². The molecule has 0 saturated carbocycles. The number of carbonyl (C=O) groups excluding carboxylic acids is 2. The second-order valence-corrected chi connectivity index (χ2v) is 9.01. The van der Waals surface area contributed by atoms with Gasteiger partial charge in [-0.15, -0.1) is 0 Å². The number of carbonyl (C=O) groups is 2. The lowest BCUT2D eigenvalue weighted by molar-refractivity contribution is 0.0457. The van der Waals surface area contributed by atoms with Gasteiger partial charge in [0.1, 0.15) is 24.6 Å². The van der Waals surface area contributed by atoms with E-state index >= 15 is 0 Å². The molecule has 6 heteroatoms. The zero-order chi connectivity index (χ0) is 24.4. The summed E-state index contributed by atoms with van der Waals surface area (Å²) in [6.07, 6.45) is 1.76. The first kappa shape index (κ1) is 22.7. The highest BCUT2D eigenvalue weighted by molar-refractivity contribution is 5.90. The highest BCUT2D eigenvalue weighted by atomic mass is 16.5. The third kappa shape index (κ3) is 4.64. The first-order valence-corrected chi connectivity index (χ1v) is 11.8. The Bertz CT molecular complexity index is 1350. The number of fused-ring (bicyclic) bond motifs is 1. The van der Waals surface area contributed by atoms with Gasteiger partial charge in [-0.1, -0.05) is 60.7 Å². The average Bonchev–Trinajstić information content (AvgIpc) is 3.57. The largest absolute Gasteiger partial charge is 0.456 e. The van der Waals surface area contributed by atoms with E-state index in [0.29, 0.717) is 11.4 Å². The Hall–Kier alpha value is -4.06. The highest BCUT2D eigenvalue weighted by Crippen LogP contribution is 2.40. The molecular formula is C29H28N2O4. The van der Waals surface area contributed by atoms with Crippen LogP contribution in [-0.2, 0) is 29.1 Å². The van der Waals surface area contributed by atoms with Gasteiger partial charge in [-0.05, 0) is 60.6 Å². The summed E-state index contributed by atoms with van der Waals surface area (Å²) in [7, 11) is 0. The van der Waals surface area contributed by atoms with Crippen LogP contribution in [0.15, 0.2) is 66.7 Å². The number of benzene rings is 2. The highest BCUT2D eigenvalue weighted by Gasteiger charge is 2.32. The lowest BCUT2D eigenvalue weighted by Crippen LogP contribution is -2.09. The maximum atomic E-state index is 12.8. The number of rotatable bonds is 7. The molecule has 1 aliphatic carbocycles. The van der Waals surface area contributed by atoms with E-state index in [2.05, 4.69) is 9.97 Å². The lowest BCUT2D eigenvalue weighted by Gasteiger charge is -2.09. The molecule has 0 saturated heterocycles. The summed E-state index contributed by atoms with van der Waals surface area (Å²) in [5, 5.41) is 0. The summed E-state index contributed by atoms with van der Waals surface area (Å²) in [6.45, 7) is 4.33. The number of hydrogen-bond donors (Lipinski definition) is 2. The summed E-state index contributed by atoms with van der Waals surface area (Å²) in [5.41, 5.74) is 7.75. The van der Waals surface area contributed by atoms with Crippen LogP contribution in [-0.4, -0.2) is 21.9 Å². The van der Waals surface area contributed by atoms with Gasteiger partial charge in [-0.2, -0.15) is 0 Å². The van der Waals surface area contributed by atoms with E-state index in [1.807, 2.05) is 80.6 Å². The van der Waals surface area contributed by atoms with Crippen molar-refractivity contribution in [1.82, 2.24) is 9.97 Å². The Morgan fingerprint density at radius 1 is 0.829 bits per heavy atom. The summed E-state index contributed by atoms with van der Waals surface area (Å²) in [6, 6.07) is 21.3. The molecule has 2 aromatic carbocycles. The van der Waals surface area contributed by atoms with Crippen LogP contribution < -0.4 is 0 Å². The van der Waals surface area contributed by atoms with Crippen LogP contribution in [0.1, 0.15) is 72.5 Å². The fraction of sp³-hybridized carbons (Fsp3) is 0.241. The minimum Gasteiger partial charge on any atom is -0.456 e. The van der Waals surface area contributed by atoms with E-state index in [9.17, 15) is 9.59 Å². The van der Waals surface area contributed by atoms with Crippen molar-refractivity contribution in [3.05, 3.63) is 117 Å². The minimum absolute atomic E-state index is 0.0498. The topological polar surface area (TPSA) is 84.2 Å². The minimum atomic E-state index is -0.372. The van der Waals surface area contributed by atoms with E-state index in [0.717, 1.165) is 52.0 Å². The third-order valence-corrected chi connectivity index (χ3v) is 6.69. The summed E-state index contributed by atoms with van der Waals surface area (Å²) >= 11 is 0. The predicted molar refractivity (Wildman–Crippen MR) is 132 cm³/mol. The van der Waals surface area contributed by atoms with Crippen molar-refractivity contribution >= 4 is 11.9 Å². The molecule has 2 aromatic heterocycles.